The van der Waals surface area contributed by atoms with Gasteiger partial charge in [0, 0.05) is 11.1 Å². The zero-order valence-corrected chi connectivity index (χ0v) is 7.09. The topological polar surface area (TPSA) is 79.4 Å². The number of aryl methyl sites for hydroxylation is 1. The van der Waals surface area contributed by atoms with Crippen LogP contribution in [0.5, 0.6) is 0 Å². The molecule has 7 heteroatoms. The van der Waals surface area contributed by atoms with Crippen molar-refractivity contribution in [3.05, 3.63) is 11.1 Å². The molecule has 0 radical (unpaired) electrons. The highest BCUT2D eigenvalue weighted by Gasteiger charge is 2.01. The lowest BCUT2D eigenvalue weighted by Gasteiger charge is -1.90. The van der Waals surface area contributed by atoms with Crippen LogP contribution in [-0.2, 0) is 0 Å². The first kappa shape index (κ1) is 7.17. The second-order valence-electron chi connectivity index (χ2n) is 2.14. The average Bonchev–Trinajstić information content (AvgIpc) is 2.63. The average molecular weight is 182 g/mol. The molecule has 2 N–H and O–H groups in total. The Bertz CT molecular complexity index is 352. The lowest BCUT2D eigenvalue weighted by Crippen LogP contribution is -1.90. The minimum atomic E-state index is 0.435. The van der Waals surface area contributed by atoms with Crippen LogP contribution in [0.3, 0.4) is 0 Å². The number of hydrogen-bond acceptors (Lipinski definition) is 6. The number of hydrogen-bond donors (Lipinski definition) is 2. The zero-order chi connectivity index (χ0) is 8.39. The maximum atomic E-state index is 4.08. The lowest BCUT2D eigenvalue weighted by molar-refractivity contribution is 0.881. The molecule has 0 aromatic carbocycles. The summed E-state index contributed by atoms with van der Waals surface area (Å²) in [7, 11) is 0. The number of aromatic amines is 1. The summed E-state index contributed by atoms with van der Waals surface area (Å²) in [4.78, 5) is 5.22. The number of H-pyrrole nitrogens is 1. The molecule has 0 atom stereocenters. The molecule has 0 amide bonds. The second-order valence-corrected chi connectivity index (χ2v) is 3.37. The maximum absolute atomic E-state index is 4.08. The van der Waals surface area contributed by atoms with Crippen LogP contribution in [0.1, 0.15) is 4.88 Å². The van der Waals surface area contributed by atoms with Crippen molar-refractivity contribution in [1.82, 2.24) is 25.6 Å². The maximum Gasteiger partial charge on any atom is 0.269 e. The van der Waals surface area contributed by atoms with Crippen LogP contribution in [-0.4, -0.2) is 25.6 Å². The van der Waals surface area contributed by atoms with Gasteiger partial charge in [-0.25, -0.2) is 4.98 Å². The summed E-state index contributed by atoms with van der Waals surface area (Å²) >= 11 is 1.54. The Morgan fingerprint density at radius 3 is 3.08 bits per heavy atom. The van der Waals surface area contributed by atoms with E-state index in [4.69, 9.17) is 0 Å². The van der Waals surface area contributed by atoms with Crippen LogP contribution in [0.2, 0.25) is 0 Å². The molecule has 62 valence electrons. The Labute approximate surface area is 72.0 Å². The third-order valence-electron chi connectivity index (χ3n) is 1.19. The van der Waals surface area contributed by atoms with E-state index in [9.17, 15) is 0 Å². The van der Waals surface area contributed by atoms with Crippen molar-refractivity contribution in [2.24, 2.45) is 0 Å². The summed E-state index contributed by atoms with van der Waals surface area (Å²) in [6.45, 7) is 1.99. The Balaban J connectivity index is 2.14. The van der Waals surface area contributed by atoms with Gasteiger partial charge in [0.2, 0.25) is 0 Å². The van der Waals surface area contributed by atoms with Gasteiger partial charge >= 0.3 is 0 Å². The molecule has 0 spiro atoms. The van der Waals surface area contributed by atoms with Crippen molar-refractivity contribution in [3.8, 4) is 0 Å². The molecule has 2 aromatic rings. The molecule has 12 heavy (non-hydrogen) atoms. The van der Waals surface area contributed by atoms with Crippen molar-refractivity contribution in [1.29, 1.82) is 0 Å². The largest absolute Gasteiger partial charge is 0.297 e. The molecule has 0 aliphatic heterocycles. The molecule has 0 unspecified atom stereocenters. The molecular formula is C5H6N6S. The Kier molecular flexibility index (Phi) is 1.71. The van der Waals surface area contributed by atoms with Gasteiger partial charge in [-0.05, 0) is 12.1 Å². The number of nitrogens with zero attached hydrogens (tertiary/aromatic N) is 4. The first-order valence-electron chi connectivity index (χ1n) is 3.27. The molecule has 0 aliphatic rings. The van der Waals surface area contributed by atoms with E-state index in [2.05, 4.69) is 30.9 Å². The van der Waals surface area contributed by atoms with Crippen LogP contribution in [0.25, 0.3) is 0 Å². The molecule has 2 heterocycles. The highest BCUT2D eigenvalue weighted by molar-refractivity contribution is 7.15. The molecular weight excluding hydrogens is 176 g/mol. The van der Waals surface area contributed by atoms with Crippen molar-refractivity contribution in [3.63, 3.8) is 0 Å². The van der Waals surface area contributed by atoms with Crippen LogP contribution >= 0.6 is 11.3 Å². The summed E-state index contributed by atoms with van der Waals surface area (Å²) < 4.78 is 0. The molecule has 2 rings (SSSR count). The summed E-state index contributed by atoms with van der Waals surface area (Å²) in [5, 5.41) is 16.9. The molecule has 0 bridgehead atoms. The van der Waals surface area contributed by atoms with Crippen molar-refractivity contribution >= 4 is 22.4 Å². The second kappa shape index (κ2) is 2.86. The van der Waals surface area contributed by atoms with E-state index in [0.29, 0.717) is 5.95 Å². The first-order chi connectivity index (χ1) is 5.84. The third kappa shape index (κ3) is 1.40. The number of anilines is 2. The van der Waals surface area contributed by atoms with E-state index >= 15 is 0 Å². The lowest BCUT2D eigenvalue weighted by atomic mass is 10.7. The molecule has 2 aromatic heterocycles. The fourth-order valence-electron chi connectivity index (χ4n) is 0.723. The van der Waals surface area contributed by atoms with Gasteiger partial charge in [0.05, 0.1) is 0 Å². The van der Waals surface area contributed by atoms with Gasteiger partial charge in [0.25, 0.3) is 5.95 Å². The van der Waals surface area contributed by atoms with Crippen LogP contribution < -0.4 is 5.32 Å². The van der Waals surface area contributed by atoms with E-state index in [1.54, 1.807) is 17.5 Å². The summed E-state index contributed by atoms with van der Waals surface area (Å²) in [5.41, 5.74) is 0. The summed E-state index contributed by atoms with van der Waals surface area (Å²) in [6.07, 6.45) is 1.78. The van der Waals surface area contributed by atoms with Crippen LogP contribution in [0.15, 0.2) is 6.20 Å². The van der Waals surface area contributed by atoms with Crippen molar-refractivity contribution in [2.45, 2.75) is 6.92 Å². The molecule has 0 saturated carbocycles. The Morgan fingerprint density at radius 1 is 1.58 bits per heavy atom. The fourth-order valence-corrected chi connectivity index (χ4v) is 1.38. The van der Waals surface area contributed by atoms with Gasteiger partial charge in [-0.2, -0.15) is 5.21 Å². The standard InChI is InChI=1S/C5H6N6S/c1-3-2-6-5(12-3)7-4-8-10-11-9-4/h2H,1H3,(H2,6,7,8,9,10,11). The van der Waals surface area contributed by atoms with Crippen LogP contribution in [0, 0.1) is 6.92 Å². The smallest absolute Gasteiger partial charge is 0.269 e. The minimum absolute atomic E-state index is 0.435. The summed E-state index contributed by atoms with van der Waals surface area (Å²) in [6, 6.07) is 0. The molecule has 0 saturated heterocycles. The fraction of sp³-hybridized carbons (Fsp3) is 0.200. The number of nitrogens with one attached hydrogen (secondary N) is 2. The monoisotopic (exact) mass is 182 g/mol. The summed E-state index contributed by atoms with van der Waals surface area (Å²) in [5.74, 6) is 0.435. The quantitative estimate of drug-likeness (QED) is 0.715. The van der Waals surface area contributed by atoms with Gasteiger partial charge in [0.1, 0.15) is 0 Å². The first-order valence-corrected chi connectivity index (χ1v) is 4.09. The van der Waals surface area contributed by atoms with Gasteiger partial charge in [0.15, 0.2) is 5.13 Å². The van der Waals surface area contributed by atoms with Gasteiger partial charge in [-0.3, -0.25) is 5.32 Å². The van der Waals surface area contributed by atoms with Crippen LogP contribution in [0.4, 0.5) is 11.1 Å². The van der Waals surface area contributed by atoms with Gasteiger partial charge in [-0.15, -0.1) is 16.4 Å². The third-order valence-corrected chi connectivity index (χ3v) is 2.01. The van der Waals surface area contributed by atoms with E-state index < -0.39 is 0 Å². The van der Waals surface area contributed by atoms with E-state index in [1.165, 1.54) is 0 Å². The Morgan fingerprint density at radius 2 is 2.50 bits per heavy atom. The molecule has 6 nitrogen and oxygen atoms in total. The molecule has 0 fully saturated rings. The number of thiazole rings is 1. The molecule has 0 aliphatic carbocycles. The van der Waals surface area contributed by atoms with Crippen molar-refractivity contribution in [2.75, 3.05) is 5.32 Å². The predicted molar refractivity (Wildman–Crippen MR) is 44.3 cm³/mol. The predicted octanol–water partition coefficient (Wildman–Crippen LogP) is 0.708. The van der Waals surface area contributed by atoms with E-state index in [-0.39, 0.29) is 0 Å². The van der Waals surface area contributed by atoms with E-state index in [0.717, 1.165) is 10.0 Å². The number of tetrazole rings is 1. The van der Waals surface area contributed by atoms with E-state index in [1.807, 2.05) is 6.92 Å². The highest BCUT2D eigenvalue weighted by atomic mass is 32.1. The number of aromatic nitrogens is 5. The highest BCUT2D eigenvalue weighted by Crippen LogP contribution is 2.18. The minimum Gasteiger partial charge on any atom is -0.297 e. The van der Waals surface area contributed by atoms with Gasteiger partial charge < -0.3 is 0 Å². The van der Waals surface area contributed by atoms with Crippen molar-refractivity contribution < 1.29 is 0 Å². The Hall–Kier alpha value is -1.50. The van der Waals surface area contributed by atoms with Gasteiger partial charge in [-0.1, -0.05) is 5.10 Å². The zero-order valence-electron chi connectivity index (χ0n) is 6.27. The normalized spacial score (nSPS) is 10.1. The SMILES string of the molecule is Cc1cnc(Nc2nn[nH]n2)s1. The number of rotatable bonds is 2.